The fourth-order valence-corrected chi connectivity index (χ4v) is 2.52. The molecule has 1 amide bonds. The molecule has 0 aliphatic carbocycles. The van der Waals surface area contributed by atoms with Crippen molar-refractivity contribution in [2.24, 2.45) is 0 Å². The minimum absolute atomic E-state index is 0.0163. The summed E-state index contributed by atoms with van der Waals surface area (Å²) in [6.07, 6.45) is 0.299. The Morgan fingerprint density at radius 3 is 2.58 bits per heavy atom. The predicted octanol–water partition coefficient (Wildman–Crippen LogP) is 4.26. The molecule has 8 nitrogen and oxygen atoms in total. The number of nitro groups is 1. The molecule has 0 atom stereocenters. The summed E-state index contributed by atoms with van der Waals surface area (Å²) < 4.78 is 10.9. The predicted molar refractivity (Wildman–Crippen MR) is 92.5 cm³/mol. The molecule has 9 heteroatoms. The normalized spacial score (nSPS) is 11.2. The third kappa shape index (κ3) is 3.91. The number of hydrogen-bond acceptors (Lipinski definition) is 6. The van der Waals surface area contributed by atoms with E-state index < -0.39 is 16.6 Å². The van der Waals surface area contributed by atoms with Gasteiger partial charge in [0.25, 0.3) is 0 Å². The highest BCUT2D eigenvalue weighted by molar-refractivity contribution is 9.10. The molecule has 1 N–H and O–H groups in total. The lowest BCUT2D eigenvalue weighted by Crippen LogP contribution is -2.27. The van der Waals surface area contributed by atoms with Gasteiger partial charge in [-0.15, -0.1) is 0 Å². The monoisotopic (exact) mass is 397 g/mol. The lowest BCUT2D eigenvalue weighted by atomic mass is 10.1. The summed E-state index contributed by atoms with van der Waals surface area (Å²) in [5, 5.41) is 14.1. The van der Waals surface area contributed by atoms with Crippen LogP contribution >= 0.6 is 15.9 Å². The van der Waals surface area contributed by atoms with Gasteiger partial charge >= 0.3 is 11.8 Å². The van der Waals surface area contributed by atoms with Crippen LogP contribution in [-0.4, -0.2) is 28.7 Å². The molecule has 0 saturated heterocycles. The highest BCUT2D eigenvalue weighted by atomic mass is 79.9. The van der Waals surface area contributed by atoms with Crippen LogP contribution in [0.1, 0.15) is 20.8 Å². The number of fused-ring (bicyclic) bond motifs is 1. The molecule has 0 radical (unpaired) electrons. The third-order valence-electron chi connectivity index (χ3n) is 2.94. The first-order valence-electron chi connectivity index (χ1n) is 6.93. The molecule has 0 unspecified atom stereocenters. The molecule has 0 bridgehead atoms. The number of ether oxygens (including phenoxy) is 2. The zero-order valence-corrected chi connectivity index (χ0v) is 15.1. The molecule has 0 fully saturated rings. The van der Waals surface area contributed by atoms with Gasteiger partial charge in [0.1, 0.15) is 23.2 Å². The average molecular weight is 398 g/mol. The number of methoxy groups -OCH3 is 1. The van der Waals surface area contributed by atoms with Crippen LogP contribution in [0.4, 0.5) is 16.2 Å². The van der Waals surface area contributed by atoms with Gasteiger partial charge in [0.05, 0.1) is 22.0 Å². The summed E-state index contributed by atoms with van der Waals surface area (Å²) in [7, 11) is 1.50. The SMILES string of the molecule is COc1cc2ncc([N+](=O)[O-])c(NC(=O)OC(C)(C)C)c2cc1Br. The van der Waals surface area contributed by atoms with Crippen LogP contribution in [0.25, 0.3) is 10.9 Å². The van der Waals surface area contributed by atoms with Crippen LogP contribution in [0.3, 0.4) is 0 Å². The van der Waals surface area contributed by atoms with Crippen molar-refractivity contribution in [2.45, 2.75) is 26.4 Å². The van der Waals surface area contributed by atoms with Gasteiger partial charge in [-0.05, 0) is 42.8 Å². The summed E-state index contributed by atoms with van der Waals surface area (Å²) in [6.45, 7) is 5.10. The second kappa shape index (κ2) is 6.60. The Morgan fingerprint density at radius 2 is 2.04 bits per heavy atom. The molecule has 2 aromatic rings. The largest absolute Gasteiger partial charge is 0.495 e. The zero-order valence-electron chi connectivity index (χ0n) is 13.5. The Balaban J connectivity index is 2.59. The van der Waals surface area contributed by atoms with Crippen LogP contribution < -0.4 is 10.1 Å². The fourth-order valence-electron chi connectivity index (χ4n) is 2.01. The number of anilines is 1. The molecule has 2 rings (SSSR count). The van der Waals surface area contributed by atoms with Crippen molar-refractivity contribution >= 4 is 44.3 Å². The first kappa shape index (κ1) is 17.9. The van der Waals surface area contributed by atoms with Gasteiger partial charge in [-0.3, -0.25) is 15.4 Å². The maximum absolute atomic E-state index is 12.0. The molecule has 0 spiro atoms. The average Bonchev–Trinajstić information content (AvgIpc) is 2.44. The van der Waals surface area contributed by atoms with E-state index in [0.717, 1.165) is 6.20 Å². The Kier molecular flexibility index (Phi) is 4.93. The van der Waals surface area contributed by atoms with E-state index in [2.05, 4.69) is 26.2 Å². The highest BCUT2D eigenvalue weighted by Crippen LogP contribution is 2.37. The number of aromatic nitrogens is 1. The molecule has 24 heavy (non-hydrogen) atoms. The summed E-state index contributed by atoms with van der Waals surface area (Å²) in [6, 6.07) is 3.21. The third-order valence-corrected chi connectivity index (χ3v) is 3.56. The molecule has 0 saturated carbocycles. The van der Waals surface area contributed by atoms with E-state index in [9.17, 15) is 14.9 Å². The Bertz CT molecular complexity index is 817. The topological polar surface area (TPSA) is 104 Å². The van der Waals surface area contributed by atoms with E-state index in [4.69, 9.17) is 9.47 Å². The van der Waals surface area contributed by atoms with E-state index in [-0.39, 0.29) is 11.4 Å². The summed E-state index contributed by atoms with van der Waals surface area (Å²) in [5.41, 5.74) is -0.606. The molecule has 1 heterocycles. The van der Waals surface area contributed by atoms with Gasteiger partial charge in [0.2, 0.25) is 0 Å². The van der Waals surface area contributed by atoms with Crippen LogP contribution in [0.15, 0.2) is 22.8 Å². The number of carbonyl (C=O) groups is 1. The Labute approximate surface area is 146 Å². The first-order valence-corrected chi connectivity index (χ1v) is 7.72. The van der Waals surface area contributed by atoms with Crippen molar-refractivity contribution in [3.8, 4) is 5.75 Å². The summed E-state index contributed by atoms with van der Waals surface area (Å²) in [5.74, 6) is 0.520. The van der Waals surface area contributed by atoms with Gasteiger partial charge in [-0.2, -0.15) is 0 Å². The van der Waals surface area contributed by atoms with Gasteiger partial charge in [0, 0.05) is 11.5 Å². The number of halogens is 1. The van der Waals surface area contributed by atoms with Crippen LogP contribution in [-0.2, 0) is 4.74 Å². The maximum Gasteiger partial charge on any atom is 0.412 e. The number of nitrogens with one attached hydrogen (secondary N) is 1. The number of pyridine rings is 1. The van der Waals surface area contributed by atoms with Crippen molar-refractivity contribution in [2.75, 3.05) is 12.4 Å². The lowest BCUT2D eigenvalue weighted by Gasteiger charge is -2.20. The van der Waals surface area contributed by atoms with Crippen molar-refractivity contribution in [1.82, 2.24) is 4.98 Å². The Morgan fingerprint density at radius 1 is 1.38 bits per heavy atom. The number of rotatable bonds is 3. The van der Waals surface area contributed by atoms with Crippen LogP contribution in [0, 0.1) is 10.1 Å². The standard InChI is InChI=1S/C15H16BrN3O5/c1-15(2,3)24-14(20)18-13-8-5-9(16)12(23-4)6-10(8)17-7-11(13)19(21)22/h5-7H,1-4H3,(H,17,18,20). The van der Waals surface area contributed by atoms with Gasteiger partial charge in [0.15, 0.2) is 0 Å². The van der Waals surface area contributed by atoms with E-state index >= 15 is 0 Å². The van der Waals surface area contributed by atoms with Crippen molar-refractivity contribution in [1.29, 1.82) is 0 Å². The number of carbonyl (C=O) groups excluding carboxylic acids is 1. The summed E-state index contributed by atoms with van der Waals surface area (Å²) >= 11 is 3.32. The highest BCUT2D eigenvalue weighted by Gasteiger charge is 2.24. The molecule has 1 aromatic heterocycles. The first-order chi connectivity index (χ1) is 11.1. The van der Waals surface area contributed by atoms with Gasteiger partial charge < -0.3 is 9.47 Å². The minimum atomic E-state index is -0.787. The van der Waals surface area contributed by atoms with Crippen LogP contribution in [0.2, 0.25) is 0 Å². The molecule has 128 valence electrons. The maximum atomic E-state index is 12.0. The quantitative estimate of drug-likeness (QED) is 0.612. The van der Waals surface area contributed by atoms with E-state index in [0.29, 0.717) is 21.1 Å². The Hall–Kier alpha value is -2.42. The second-order valence-corrected chi connectivity index (χ2v) is 6.76. The minimum Gasteiger partial charge on any atom is -0.495 e. The number of benzene rings is 1. The second-order valence-electron chi connectivity index (χ2n) is 5.91. The molecule has 0 aliphatic heterocycles. The summed E-state index contributed by atoms with van der Waals surface area (Å²) in [4.78, 5) is 26.8. The molecule has 0 aliphatic rings. The van der Waals surface area contributed by atoms with Crippen molar-refractivity contribution < 1.29 is 19.2 Å². The van der Waals surface area contributed by atoms with Gasteiger partial charge in [-0.1, -0.05) is 0 Å². The van der Waals surface area contributed by atoms with E-state index in [1.165, 1.54) is 7.11 Å². The number of nitrogens with zero attached hydrogens (tertiary/aromatic N) is 2. The van der Waals surface area contributed by atoms with E-state index in [1.807, 2.05) is 0 Å². The van der Waals surface area contributed by atoms with Crippen molar-refractivity contribution in [3.05, 3.63) is 32.9 Å². The zero-order chi connectivity index (χ0) is 18.1. The fraction of sp³-hybridized carbons (Fsp3) is 0.333. The lowest BCUT2D eigenvalue weighted by molar-refractivity contribution is -0.384. The van der Waals surface area contributed by atoms with Crippen LogP contribution in [0.5, 0.6) is 5.75 Å². The van der Waals surface area contributed by atoms with Crippen molar-refractivity contribution in [3.63, 3.8) is 0 Å². The number of hydrogen-bond donors (Lipinski definition) is 1. The number of amides is 1. The van der Waals surface area contributed by atoms with Gasteiger partial charge in [-0.25, -0.2) is 9.78 Å². The van der Waals surface area contributed by atoms with E-state index in [1.54, 1.807) is 32.9 Å². The smallest absolute Gasteiger partial charge is 0.412 e. The molecular formula is C15H16BrN3O5. The molecule has 1 aromatic carbocycles. The molecular weight excluding hydrogens is 382 g/mol.